The molecular formula is C43H48N10O3. The predicted octanol–water partition coefficient (Wildman–Crippen LogP) is 6.34. The van der Waals surface area contributed by atoms with E-state index in [0.29, 0.717) is 37.3 Å². The number of hydrogen-bond acceptors (Lipinski definition) is 11. The largest absolute Gasteiger partial charge is 0.474 e. The summed E-state index contributed by atoms with van der Waals surface area (Å²) in [6.45, 7) is 13.3. The highest BCUT2D eigenvalue weighted by atomic mass is 16.5. The third-order valence-electron chi connectivity index (χ3n) is 11.7. The van der Waals surface area contributed by atoms with Crippen molar-refractivity contribution in [3.63, 3.8) is 0 Å². The fraction of sp³-hybridized carbons (Fsp3) is 0.372. The zero-order chi connectivity index (χ0) is 38.2. The molecule has 2 aromatic heterocycles. The highest BCUT2D eigenvalue weighted by Gasteiger charge is 2.27. The van der Waals surface area contributed by atoms with Gasteiger partial charge < -0.3 is 25.2 Å². The Kier molecular flexibility index (Phi) is 9.76. The maximum absolute atomic E-state index is 12.4. The molecule has 3 aromatic carbocycles. The monoisotopic (exact) mass is 752 g/mol. The first-order valence-electron chi connectivity index (χ1n) is 19.8. The molecule has 5 aromatic rings. The predicted molar refractivity (Wildman–Crippen MR) is 221 cm³/mol. The molecule has 0 saturated carbocycles. The van der Waals surface area contributed by atoms with Crippen LogP contribution in [0.5, 0.6) is 5.88 Å². The Balaban J connectivity index is 0.755. The second-order valence-corrected chi connectivity index (χ2v) is 15.3. The molecule has 288 valence electrons. The second-order valence-electron chi connectivity index (χ2n) is 15.3. The number of anilines is 6. The highest BCUT2D eigenvalue weighted by molar-refractivity contribution is 6.06. The summed E-state index contributed by atoms with van der Waals surface area (Å²) in [6, 6.07) is 20.8. The minimum atomic E-state index is -0.338. The molecule has 13 nitrogen and oxygen atoms in total. The van der Waals surface area contributed by atoms with Crippen molar-refractivity contribution in [1.82, 2.24) is 25.2 Å². The van der Waals surface area contributed by atoms with E-state index in [9.17, 15) is 9.59 Å². The van der Waals surface area contributed by atoms with Gasteiger partial charge in [-0.05, 0) is 97.8 Å². The molecule has 0 aliphatic carbocycles. The first-order valence-corrected chi connectivity index (χ1v) is 19.8. The van der Waals surface area contributed by atoms with E-state index in [1.54, 1.807) is 4.90 Å². The molecule has 3 fully saturated rings. The van der Waals surface area contributed by atoms with E-state index < -0.39 is 0 Å². The maximum atomic E-state index is 12.4. The van der Waals surface area contributed by atoms with Crippen molar-refractivity contribution in [2.75, 3.05) is 90.8 Å². The summed E-state index contributed by atoms with van der Waals surface area (Å²) in [7, 11) is 0. The number of nitrogens with one attached hydrogen (secondary N) is 3. The zero-order valence-corrected chi connectivity index (χ0v) is 32.1. The molecule has 9 rings (SSSR count). The van der Waals surface area contributed by atoms with Crippen molar-refractivity contribution in [3.05, 3.63) is 84.2 Å². The van der Waals surface area contributed by atoms with Crippen LogP contribution < -0.4 is 35.4 Å². The number of imide groups is 1. The van der Waals surface area contributed by atoms with Crippen molar-refractivity contribution in [1.29, 1.82) is 0 Å². The van der Waals surface area contributed by atoms with Crippen LogP contribution in [0.4, 0.5) is 39.2 Å². The number of aromatic nitrogens is 3. The minimum Gasteiger partial charge on any atom is -0.474 e. The quantitative estimate of drug-likeness (QED) is 0.164. The van der Waals surface area contributed by atoms with E-state index in [0.717, 1.165) is 103 Å². The maximum Gasteiger partial charge on any atom is 0.328 e. The smallest absolute Gasteiger partial charge is 0.328 e. The van der Waals surface area contributed by atoms with Gasteiger partial charge in [0.1, 0.15) is 12.3 Å². The number of aryl methyl sites for hydroxylation is 1. The number of ether oxygens (including phenoxy) is 1. The van der Waals surface area contributed by atoms with Crippen LogP contribution in [0.25, 0.3) is 22.0 Å². The summed E-state index contributed by atoms with van der Waals surface area (Å²) in [6.07, 6.45) is 6.45. The van der Waals surface area contributed by atoms with Crippen LogP contribution in [0, 0.1) is 19.8 Å². The number of piperidine rings is 1. The molecule has 3 saturated heterocycles. The van der Waals surface area contributed by atoms with Crippen LogP contribution in [-0.4, -0.2) is 97.3 Å². The van der Waals surface area contributed by atoms with Crippen LogP contribution in [0.2, 0.25) is 0 Å². The lowest BCUT2D eigenvalue weighted by molar-refractivity contribution is -0.120. The molecule has 0 bridgehead atoms. The van der Waals surface area contributed by atoms with E-state index in [2.05, 4.69) is 102 Å². The second kappa shape index (κ2) is 15.3. The van der Waals surface area contributed by atoms with Gasteiger partial charge in [0.25, 0.3) is 0 Å². The van der Waals surface area contributed by atoms with Gasteiger partial charge in [0.15, 0.2) is 0 Å². The summed E-state index contributed by atoms with van der Waals surface area (Å²) in [5, 5.41) is 10.2. The standard InChI is InChI=1S/C43H48N10O3/c1-28-23-35(9-10-38(28)53-17-13-39(54)49-43(53)55)52-20-18-50(19-21-52)27-30-11-15-51(16-12-30)34-7-5-33(6-8-34)47-42-46-25-32-4-3-31(24-37(32)48-42)36-26-45-41-40(29(36)2)44-14-22-56-41/h3-10,23-26,30,44H,11-22,27H2,1-2H3,(H,46,47,48)(H,49,54,55). The van der Waals surface area contributed by atoms with Gasteiger partial charge in [0.2, 0.25) is 17.7 Å². The Hall–Kier alpha value is -5.95. The number of benzene rings is 3. The SMILES string of the molecule is Cc1cc(N2CCN(CC3CCN(c4ccc(Nc5ncc6ccc(-c7cnc8c(c7C)NCCO8)cc6n5)cc4)CC3)CC2)ccc1N1CCC(=O)NC1=O. The first-order chi connectivity index (χ1) is 27.3. The molecule has 3 N–H and O–H groups in total. The number of carbonyl (C=O) groups is 2. The molecule has 4 aliphatic heterocycles. The molecule has 6 heterocycles. The van der Waals surface area contributed by atoms with E-state index in [-0.39, 0.29) is 11.9 Å². The lowest BCUT2D eigenvalue weighted by Crippen LogP contribution is -2.50. The van der Waals surface area contributed by atoms with Crippen molar-refractivity contribution in [3.8, 4) is 17.0 Å². The van der Waals surface area contributed by atoms with Gasteiger partial charge in [0, 0.05) is 111 Å². The number of piperazine rings is 1. The fourth-order valence-electron chi connectivity index (χ4n) is 8.51. The highest BCUT2D eigenvalue weighted by Crippen LogP contribution is 2.36. The number of carbonyl (C=O) groups excluding carboxylic acids is 2. The van der Waals surface area contributed by atoms with Gasteiger partial charge >= 0.3 is 6.03 Å². The number of nitrogens with zero attached hydrogens (tertiary/aromatic N) is 7. The molecule has 0 atom stereocenters. The molecule has 0 radical (unpaired) electrons. The third kappa shape index (κ3) is 7.38. The molecule has 0 spiro atoms. The Morgan fingerprint density at radius 1 is 0.839 bits per heavy atom. The van der Waals surface area contributed by atoms with Crippen LogP contribution >= 0.6 is 0 Å². The summed E-state index contributed by atoms with van der Waals surface area (Å²) >= 11 is 0. The topological polar surface area (TPSA) is 131 Å². The van der Waals surface area contributed by atoms with Crippen molar-refractivity contribution in [2.24, 2.45) is 5.92 Å². The lowest BCUT2D eigenvalue weighted by Gasteiger charge is -2.40. The van der Waals surface area contributed by atoms with E-state index in [1.807, 2.05) is 25.4 Å². The van der Waals surface area contributed by atoms with Crippen LogP contribution in [0.3, 0.4) is 0 Å². The Morgan fingerprint density at radius 3 is 2.41 bits per heavy atom. The number of urea groups is 1. The average molecular weight is 753 g/mol. The van der Waals surface area contributed by atoms with E-state index in [4.69, 9.17) is 9.72 Å². The van der Waals surface area contributed by atoms with Gasteiger partial charge in [-0.1, -0.05) is 12.1 Å². The van der Waals surface area contributed by atoms with E-state index >= 15 is 0 Å². The summed E-state index contributed by atoms with van der Waals surface area (Å²) in [5.41, 5.74) is 10.4. The summed E-state index contributed by atoms with van der Waals surface area (Å²) in [5.74, 6) is 1.72. The van der Waals surface area contributed by atoms with Gasteiger partial charge in [-0.2, -0.15) is 0 Å². The van der Waals surface area contributed by atoms with Gasteiger partial charge in [-0.3, -0.25) is 19.9 Å². The summed E-state index contributed by atoms with van der Waals surface area (Å²) < 4.78 is 5.72. The summed E-state index contributed by atoms with van der Waals surface area (Å²) in [4.78, 5) is 47.2. The number of fused-ring (bicyclic) bond motifs is 2. The third-order valence-corrected chi connectivity index (χ3v) is 11.7. The molecule has 56 heavy (non-hydrogen) atoms. The molecule has 13 heteroatoms. The average Bonchev–Trinajstić information content (AvgIpc) is 3.22. The Labute approximate surface area is 327 Å². The molecule has 3 amide bonds. The van der Waals surface area contributed by atoms with Crippen LogP contribution in [-0.2, 0) is 4.79 Å². The fourth-order valence-corrected chi connectivity index (χ4v) is 8.51. The van der Waals surface area contributed by atoms with Crippen molar-refractivity contribution in [2.45, 2.75) is 33.1 Å². The number of rotatable bonds is 8. The number of hydrogen-bond donors (Lipinski definition) is 3. The molecular weight excluding hydrogens is 705 g/mol. The van der Waals surface area contributed by atoms with Gasteiger partial charge in [0.05, 0.1) is 5.52 Å². The van der Waals surface area contributed by atoms with Crippen molar-refractivity contribution < 1.29 is 14.3 Å². The zero-order valence-electron chi connectivity index (χ0n) is 32.1. The normalized spacial score (nSPS) is 18.0. The van der Waals surface area contributed by atoms with Gasteiger partial charge in [-0.25, -0.2) is 19.7 Å². The first kappa shape index (κ1) is 35.7. The molecule has 4 aliphatic rings. The Bertz CT molecular complexity index is 2270. The number of amides is 3. The molecule has 0 unspecified atom stereocenters. The lowest BCUT2D eigenvalue weighted by atomic mass is 9.95. The van der Waals surface area contributed by atoms with Crippen LogP contribution in [0.1, 0.15) is 30.4 Å². The van der Waals surface area contributed by atoms with Gasteiger partial charge in [-0.15, -0.1) is 0 Å². The van der Waals surface area contributed by atoms with E-state index in [1.165, 1.54) is 24.2 Å². The van der Waals surface area contributed by atoms with Crippen molar-refractivity contribution >= 4 is 57.2 Å². The Morgan fingerprint density at radius 2 is 1.62 bits per heavy atom. The minimum absolute atomic E-state index is 0.211. The van der Waals surface area contributed by atoms with Crippen LogP contribution in [0.15, 0.2) is 73.1 Å². The number of pyridine rings is 1.